The van der Waals surface area contributed by atoms with Gasteiger partial charge in [0.25, 0.3) is 0 Å². The molecule has 2 aromatic heterocycles. The molecule has 3 nitrogen and oxygen atoms in total. The van der Waals surface area contributed by atoms with Crippen molar-refractivity contribution in [3.05, 3.63) is 72.1 Å². The van der Waals surface area contributed by atoms with Crippen LogP contribution in [0.1, 0.15) is 16.1 Å². The molecule has 0 amide bonds. The summed E-state index contributed by atoms with van der Waals surface area (Å²) in [5, 5.41) is 1.86. The number of aromatic amines is 1. The van der Waals surface area contributed by atoms with Crippen LogP contribution in [0.4, 0.5) is 0 Å². The lowest BCUT2D eigenvalue weighted by atomic mass is 10.1. The molecule has 1 N–H and O–H groups in total. The lowest BCUT2D eigenvalue weighted by Crippen LogP contribution is -1.97. The fourth-order valence-electron chi connectivity index (χ4n) is 2.49. The summed E-state index contributed by atoms with van der Waals surface area (Å²) in [6.07, 6.45) is 1.74. The van der Waals surface area contributed by atoms with Gasteiger partial charge in [-0.1, -0.05) is 36.4 Å². The predicted octanol–water partition coefficient (Wildman–Crippen LogP) is 4.15. The molecule has 0 spiro atoms. The van der Waals surface area contributed by atoms with E-state index in [0.717, 1.165) is 21.9 Å². The molecule has 96 valence electrons. The summed E-state index contributed by atoms with van der Waals surface area (Å²) in [4.78, 5) is 15.7. The van der Waals surface area contributed by atoms with Gasteiger partial charge >= 0.3 is 0 Å². The second kappa shape index (κ2) is 4.10. The molecule has 3 heteroatoms. The number of furan rings is 1. The van der Waals surface area contributed by atoms with Gasteiger partial charge in [-0.3, -0.25) is 4.79 Å². The maximum absolute atomic E-state index is 12.6. The summed E-state index contributed by atoms with van der Waals surface area (Å²) in [7, 11) is 0. The molecule has 2 aromatic carbocycles. The van der Waals surface area contributed by atoms with Crippen LogP contribution in [0.2, 0.25) is 0 Å². The van der Waals surface area contributed by atoms with Crippen LogP contribution in [0.5, 0.6) is 0 Å². The van der Waals surface area contributed by atoms with Crippen LogP contribution in [-0.4, -0.2) is 10.8 Å². The van der Waals surface area contributed by atoms with Gasteiger partial charge in [0.1, 0.15) is 5.58 Å². The quantitative estimate of drug-likeness (QED) is 0.551. The first-order chi connectivity index (χ1) is 9.83. The summed E-state index contributed by atoms with van der Waals surface area (Å²) in [5.74, 6) is 0.273. The number of aromatic nitrogens is 1. The number of nitrogens with one attached hydrogen (secondary N) is 1. The van der Waals surface area contributed by atoms with E-state index in [0.29, 0.717) is 11.3 Å². The molecule has 0 unspecified atom stereocenters. The minimum Gasteiger partial charge on any atom is -0.453 e. The predicted molar refractivity (Wildman–Crippen MR) is 77.9 cm³/mol. The highest BCUT2D eigenvalue weighted by atomic mass is 16.3. The Morgan fingerprint density at radius 3 is 2.70 bits per heavy atom. The van der Waals surface area contributed by atoms with Crippen molar-refractivity contribution in [3.63, 3.8) is 0 Å². The van der Waals surface area contributed by atoms with Crippen LogP contribution < -0.4 is 0 Å². The van der Waals surface area contributed by atoms with Gasteiger partial charge in [-0.15, -0.1) is 0 Å². The average molecular weight is 261 g/mol. The molecule has 0 radical (unpaired) electrons. The van der Waals surface area contributed by atoms with E-state index in [1.165, 1.54) is 0 Å². The fourth-order valence-corrected chi connectivity index (χ4v) is 2.49. The molecule has 0 fully saturated rings. The van der Waals surface area contributed by atoms with Crippen LogP contribution in [0, 0.1) is 0 Å². The second-order valence-electron chi connectivity index (χ2n) is 4.73. The van der Waals surface area contributed by atoms with E-state index < -0.39 is 0 Å². The number of ketones is 1. The number of H-pyrrole nitrogens is 1. The van der Waals surface area contributed by atoms with Gasteiger partial charge in [0.2, 0.25) is 5.78 Å². The molecule has 0 saturated carbocycles. The van der Waals surface area contributed by atoms with Gasteiger partial charge in [0, 0.05) is 22.5 Å². The Morgan fingerprint density at radius 2 is 1.80 bits per heavy atom. The monoisotopic (exact) mass is 261 g/mol. The number of benzene rings is 2. The standard InChI is InChI=1S/C17H11NO2/c19-17(13-10-18-14-7-3-2-6-12(13)14)16-9-11-5-1-4-8-15(11)20-16/h1-10,18H. The Balaban J connectivity index is 1.87. The van der Waals surface area contributed by atoms with Gasteiger partial charge in [-0.2, -0.15) is 0 Å². The highest BCUT2D eigenvalue weighted by Crippen LogP contribution is 2.24. The van der Waals surface area contributed by atoms with Crippen molar-refractivity contribution in [2.75, 3.05) is 0 Å². The van der Waals surface area contributed by atoms with E-state index in [4.69, 9.17) is 4.42 Å². The molecule has 0 bridgehead atoms. The minimum absolute atomic E-state index is 0.0985. The van der Waals surface area contributed by atoms with Crippen molar-refractivity contribution in [2.24, 2.45) is 0 Å². The zero-order chi connectivity index (χ0) is 13.5. The lowest BCUT2D eigenvalue weighted by Gasteiger charge is -1.95. The largest absolute Gasteiger partial charge is 0.453 e. The van der Waals surface area contributed by atoms with Crippen molar-refractivity contribution in [3.8, 4) is 0 Å². The number of hydrogen-bond acceptors (Lipinski definition) is 2. The summed E-state index contributed by atoms with van der Waals surface area (Å²) >= 11 is 0. The molecule has 4 rings (SSSR count). The second-order valence-corrected chi connectivity index (χ2v) is 4.73. The van der Waals surface area contributed by atoms with Gasteiger partial charge in [0.15, 0.2) is 5.76 Å². The maximum atomic E-state index is 12.6. The molecule has 2 heterocycles. The first-order valence-corrected chi connectivity index (χ1v) is 6.42. The third-order valence-corrected chi connectivity index (χ3v) is 3.48. The van der Waals surface area contributed by atoms with Crippen LogP contribution in [-0.2, 0) is 0 Å². The molecule has 0 atom stereocenters. The number of rotatable bonds is 2. The van der Waals surface area contributed by atoms with Gasteiger partial charge < -0.3 is 9.40 Å². The van der Waals surface area contributed by atoms with E-state index in [1.807, 2.05) is 48.5 Å². The summed E-state index contributed by atoms with van der Waals surface area (Å²) in [5.41, 5.74) is 2.32. The third kappa shape index (κ3) is 1.57. The van der Waals surface area contributed by atoms with Crippen LogP contribution in [0.25, 0.3) is 21.9 Å². The zero-order valence-corrected chi connectivity index (χ0v) is 10.6. The molecule has 0 saturated heterocycles. The Labute approximate surface area is 114 Å². The lowest BCUT2D eigenvalue weighted by molar-refractivity contribution is 0.101. The minimum atomic E-state index is -0.0985. The smallest absolute Gasteiger partial charge is 0.230 e. The number of fused-ring (bicyclic) bond motifs is 2. The molecule has 20 heavy (non-hydrogen) atoms. The van der Waals surface area contributed by atoms with Crippen molar-refractivity contribution in [2.45, 2.75) is 0 Å². The molecular formula is C17H11NO2. The Bertz CT molecular complexity index is 897. The third-order valence-electron chi connectivity index (χ3n) is 3.48. The first-order valence-electron chi connectivity index (χ1n) is 6.42. The van der Waals surface area contributed by atoms with Gasteiger partial charge in [0.05, 0.1) is 5.56 Å². The van der Waals surface area contributed by atoms with Crippen LogP contribution in [0.3, 0.4) is 0 Å². The van der Waals surface area contributed by atoms with Crippen molar-refractivity contribution in [1.82, 2.24) is 4.98 Å². The molecular weight excluding hydrogens is 250 g/mol. The van der Waals surface area contributed by atoms with E-state index in [9.17, 15) is 4.79 Å². The van der Waals surface area contributed by atoms with E-state index in [2.05, 4.69) is 4.98 Å². The Hall–Kier alpha value is -2.81. The Morgan fingerprint density at radius 1 is 1.00 bits per heavy atom. The van der Waals surface area contributed by atoms with Crippen molar-refractivity contribution < 1.29 is 9.21 Å². The number of carbonyl (C=O) groups excluding carboxylic acids is 1. The fraction of sp³-hybridized carbons (Fsp3) is 0. The summed E-state index contributed by atoms with van der Waals surface area (Å²) < 4.78 is 5.64. The normalized spacial score (nSPS) is 11.2. The highest BCUT2D eigenvalue weighted by Gasteiger charge is 2.17. The number of carbonyl (C=O) groups is 1. The topological polar surface area (TPSA) is 46.0 Å². The highest BCUT2D eigenvalue weighted by molar-refractivity contribution is 6.16. The first kappa shape index (κ1) is 11.1. The SMILES string of the molecule is O=C(c1cc2ccccc2o1)c1c[nH]c2ccccc12. The zero-order valence-electron chi connectivity index (χ0n) is 10.6. The van der Waals surface area contributed by atoms with E-state index in [-0.39, 0.29) is 5.78 Å². The van der Waals surface area contributed by atoms with Crippen LogP contribution >= 0.6 is 0 Å². The van der Waals surface area contributed by atoms with Gasteiger partial charge in [-0.05, 0) is 18.2 Å². The van der Waals surface area contributed by atoms with E-state index >= 15 is 0 Å². The van der Waals surface area contributed by atoms with Crippen LogP contribution in [0.15, 0.2) is 65.2 Å². The Kier molecular flexibility index (Phi) is 2.27. The molecule has 0 aliphatic carbocycles. The molecule has 4 aromatic rings. The number of para-hydroxylation sites is 2. The van der Waals surface area contributed by atoms with Crippen molar-refractivity contribution >= 4 is 27.7 Å². The van der Waals surface area contributed by atoms with E-state index in [1.54, 1.807) is 12.3 Å². The van der Waals surface area contributed by atoms with Gasteiger partial charge in [-0.25, -0.2) is 0 Å². The van der Waals surface area contributed by atoms with Crippen molar-refractivity contribution in [1.29, 1.82) is 0 Å². The molecule has 0 aliphatic heterocycles. The summed E-state index contributed by atoms with van der Waals surface area (Å²) in [6.45, 7) is 0. The average Bonchev–Trinajstić information content (AvgIpc) is 3.10. The maximum Gasteiger partial charge on any atom is 0.230 e. The molecule has 0 aliphatic rings. The number of hydrogen-bond donors (Lipinski definition) is 1. The summed E-state index contributed by atoms with van der Waals surface area (Å²) in [6, 6.07) is 17.2.